The molecule has 0 heterocycles. The van der Waals surface area contributed by atoms with Crippen LogP contribution in [0.4, 0.5) is 0 Å². The van der Waals surface area contributed by atoms with Crippen molar-refractivity contribution in [1.82, 2.24) is 5.32 Å². The summed E-state index contributed by atoms with van der Waals surface area (Å²) < 4.78 is 10.8. The first-order chi connectivity index (χ1) is 10.3. The molecule has 1 atom stereocenters. The molecule has 0 saturated carbocycles. The molecule has 2 rings (SSSR count). The summed E-state index contributed by atoms with van der Waals surface area (Å²) in [5, 5.41) is 3.34. The molecule has 1 aromatic rings. The Morgan fingerprint density at radius 1 is 1.43 bits per heavy atom. The molecule has 0 aromatic heterocycles. The van der Waals surface area contributed by atoms with E-state index in [2.05, 4.69) is 18.3 Å². The van der Waals surface area contributed by atoms with Gasteiger partial charge in [-0.15, -0.1) is 0 Å². The number of nitrogens with one attached hydrogen (secondary N) is 1. The maximum absolute atomic E-state index is 11.6. The van der Waals surface area contributed by atoms with E-state index in [1.165, 1.54) is 11.1 Å². The molecule has 0 amide bonds. The van der Waals surface area contributed by atoms with Crippen molar-refractivity contribution in [2.45, 2.75) is 45.1 Å². The number of carbonyl (C=O) groups is 1. The number of benzene rings is 1. The average molecular weight is 291 g/mol. The molecule has 1 unspecified atom stereocenters. The van der Waals surface area contributed by atoms with Crippen molar-refractivity contribution in [1.29, 1.82) is 0 Å². The molecule has 4 heteroatoms. The topological polar surface area (TPSA) is 47.6 Å². The highest BCUT2D eigenvalue weighted by molar-refractivity contribution is 5.71. The van der Waals surface area contributed by atoms with Crippen LogP contribution in [-0.4, -0.2) is 26.2 Å². The van der Waals surface area contributed by atoms with Crippen LogP contribution in [0.25, 0.3) is 0 Å². The van der Waals surface area contributed by atoms with Crippen LogP contribution >= 0.6 is 0 Å². The zero-order chi connectivity index (χ0) is 15.1. The third-order valence-electron chi connectivity index (χ3n) is 3.92. The SMILES string of the molecule is CCCCOC(=O)COc1cccc2c1CCCC2NC. The molecule has 1 aliphatic rings. The first-order valence-corrected chi connectivity index (χ1v) is 7.83. The van der Waals surface area contributed by atoms with Crippen molar-refractivity contribution >= 4 is 5.97 Å². The highest BCUT2D eigenvalue weighted by Gasteiger charge is 2.21. The molecule has 1 N–H and O–H groups in total. The summed E-state index contributed by atoms with van der Waals surface area (Å²) in [4.78, 5) is 11.6. The Kier molecular flexibility index (Phi) is 6.05. The Labute approximate surface area is 126 Å². The van der Waals surface area contributed by atoms with Crippen LogP contribution in [-0.2, 0) is 16.0 Å². The summed E-state index contributed by atoms with van der Waals surface area (Å²) in [5.74, 6) is 0.530. The van der Waals surface area contributed by atoms with Crippen molar-refractivity contribution in [3.8, 4) is 5.75 Å². The highest BCUT2D eigenvalue weighted by atomic mass is 16.6. The van der Waals surface area contributed by atoms with Crippen LogP contribution in [0.1, 0.15) is 49.8 Å². The summed E-state index contributed by atoms with van der Waals surface area (Å²) >= 11 is 0. The fourth-order valence-electron chi connectivity index (χ4n) is 2.76. The smallest absolute Gasteiger partial charge is 0.344 e. The minimum absolute atomic E-state index is 0.00954. The van der Waals surface area contributed by atoms with E-state index in [9.17, 15) is 4.79 Å². The molecule has 0 radical (unpaired) electrons. The average Bonchev–Trinajstić information content (AvgIpc) is 2.52. The van der Waals surface area contributed by atoms with Crippen molar-refractivity contribution in [3.05, 3.63) is 29.3 Å². The third-order valence-corrected chi connectivity index (χ3v) is 3.92. The Balaban J connectivity index is 1.96. The lowest BCUT2D eigenvalue weighted by atomic mass is 9.87. The molecule has 116 valence electrons. The molecular formula is C17H25NO3. The number of hydrogen-bond acceptors (Lipinski definition) is 4. The van der Waals surface area contributed by atoms with Gasteiger partial charge in [-0.1, -0.05) is 25.5 Å². The van der Waals surface area contributed by atoms with Crippen LogP contribution in [0, 0.1) is 0 Å². The molecule has 1 aliphatic carbocycles. The van der Waals surface area contributed by atoms with Crippen molar-refractivity contribution in [2.75, 3.05) is 20.3 Å². The van der Waals surface area contributed by atoms with Gasteiger partial charge in [0.25, 0.3) is 0 Å². The van der Waals surface area contributed by atoms with E-state index in [1.807, 2.05) is 19.2 Å². The van der Waals surface area contributed by atoms with Gasteiger partial charge in [0.1, 0.15) is 5.75 Å². The summed E-state index contributed by atoms with van der Waals surface area (Å²) in [7, 11) is 1.98. The van der Waals surface area contributed by atoms with Gasteiger partial charge in [-0.05, 0) is 49.9 Å². The number of fused-ring (bicyclic) bond motifs is 1. The molecule has 1 aromatic carbocycles. The third kappa shape index (κ3) is 4.21. The molecule has 0 saturated heterocycles. The van der Waals surface area contributed by atoms with Crippen LogP contribution in [0.3, 0.4) is 0 Å². The second kappa shape index (κ2) is 8.03. The van der Waals surface area contributed by atoms with Crippen molar-refractivity contribution in [2.24, 2.45) is 0 Å². The van der Waals surface area contributed by atoms with E-state index in [-0.39, 0.29) is 12.6 Å². The van der Waals surface area contributed by atoms with Crippen LogP contribution in [0.2, 0.25) is 0 Å². The maximum Gasteiger partial charge on any atom is 0.344 e. The van der Waals surface area contributed by atoms with Gasteiger partial charge in [0, 0.05) is 6.04 Å². The molecule has 0 fully saturated rings. The summed E-state index contributed by atoms with van der Waals surface area (Å²) in [6.45, 7) is 2.54. The molecule has 0 spiro atoms. The minimum atomic E-state index is -0.290. The van der Waals surface area contributed by atoms with E-state index in [0.29, 0.717) is 12.6 Å². The molecule has 0 bridgehead atoms. The Hall–Kier alpha value is -1.55. The van der Waals surface area contributed by atoms with Crippen molar-refractivity contribution < 1.29 is 14.3 Å². The van der Waals surface area contributed by atoms with Crippen molar-refractivity contribution in [3.63, 3.8) is 0 Å². The highest BCUT2D eigenvalue weighted by Crippen LogP contribution is 2.35. The summed E-state index contributed by atoms with van der Waals surface area (Å²) in [6.07, 6.45) is 5.21. The lowest BCUT2D eigenvalue weighted by Gasteiger charge is -2.26. The second-order valence-corrected chi connectivity index (χ2v) is 5.42. The van der Waals surface area contributed by atoms with Gasteiger partial charge in [-0.25, -0.2) is 4.79 Å². The first-order valence-electron chi connectivity index (χ1n) is 7.83. The summed E-state index contributed by atoms with van der Waals surface area (Å²) in [5.41, 5.74) is 2.52. The van der Waals surface area contributed by atoms with Gasteiger partial charge in [-0.3, -0.25) is 0 Å². The lowest BCUT2D eigenvalue weighted by Crippen LogP contribution is -2.22. The summed E-state index contributed by atoms with van der Waals surface area (Å²) in [6, 6.07) is 6.46. The van der Waals surface area contributed by atoms with Gasteiger partial charge in [0.05, 0.1) is 6.61 Å². The fraction of sp³-hybridized carbons (Fsp3) is 0.588. The predicted octanol–water partition coefficient (Wildman–Crippen LogP) is 3.01. The molecule has 0 aliphatic heterocycles. The number of carbonyl (C=O) groups excluding carboxylic acids is 1. The van der Waals surface area contributed by atoms with E-state index in [0.717, 1.165) is 37.9 Å². The van der Waals surface area contributed by atoms with Crippen LogP contribution < -0.4 is 10.1 Å². The second-order valence-electron chi connectivity index (χ2n) is 5.42. The van der Waals surface area contributed by atoms with Gasteiger partial charge in [-0.2, -0.15) is 0 Å². The van der Waals surface area contributed by atoms with Crippen LogP contribution in [0.5, 0.6) is 5.75 Å². The maximum atomic E-state index is 11.6. The van der Waals surface area contributed by atoms with Gasteiger partial charge in [0.15, 0.2) is 6.61 Å². The fourth-order valence-corrected chi connectivity index (χ4v) is 2.76. The standard InChI is InChI=1S/C17H25NO3/c1-3-4-11-20-17(19)12-21-16-10-6-7-13-14(16)8-5-9-15(13)18-2/h6-7,10,15,18H,3-5,8-9,11-12H2,1-2H3. The number of unbranched alkanes of at least 4 members (excludes halogenated alkanes) is 1. The van der Waals surface area contributed by atoms with Gasteiger partial charge < -0.3 is 14.8 Å². The van der Waals surface area contributed by atoms with E-state index in [1.54, 1.807) is 0 Å². The molecular weight excluding hydrogens is 266 g/mol. The van der Waals surface area contributed by atoms with Gasteiger partial charge >= 0.3 is 5.97 Å². The van der Waals surface area contributed by atoms with E-state index < -0.39 is 0 Å². The minimum Gasteiger partial charge on any atom is -0.482 e. The van der Waals surface area contributed by atoms with Crippen LogP contribution in [0.15, 0.2) is 18.2 Å². The zero-order valence-corrected chi connectivity index (χ0v) is 13.0. The lowest BCUT2D eigenvalue weighted by molar-refractivity contribution is -0.146. The largest absolute Gasteiger partial charge is 0.482 e. The Morgan fingerprint density at radius 3 is 3.05 bits per heavy atom. The quantitative estimate of drug-likeness (QED) is 0.619. The number of rotatable bonds is 7. The molecule has 4 nitrogen and oxygen atoms in total. The first kappa shape index (κ1) is 15.8. The van der Waals surface area contributed by atoms with E-state index >= 15 is 0 Å². The van der Waals surface area contributed by atoms with E-state index in [4.69, 9.17) is 9.47 Å². The van der Waals surface area contributed by atoms with Gasteiger partial charge in [0.2, 0.25) is 0 Å². The Morgan fingerprint density at radius 2 is 2.29 bits per heavy atom. The molecule has 21 heavy (non-hydrogen) atoms. The zero-order valence-electron chi connectivity index (χ0n) is 13.0. The monoisotopic (exact) mass is 291 g/mol. The number of ether oxygens (including phenoxy) is 2. The number of hydrogen-bond donors (Lipinski definition) is 1. The Bertz CT molecular complexity index is 473. The predicted molar refractivity (Wildman–Crippen MR) is 82.5 cm³/mol. The number of esters is 1. The normalized spacial score (nSPS) is 17.1.